The first-order valence-electron chi connectivity index (χ1n) is 11.6. The Morgan fingerprint density at radius 1 is 1.27 bits per heavy atom. The molecule has 0 radical (unpaired) electrons. The lowest BCUT2D eigenvalue weighted by molar-refractivity contribution is -0.234. The number of hydrogen-bond donors (Lipinski definition) is 1. The van der Waals surface area contributed by atoms with Crippen molar-refractivity contribution in [3.05, 3.63) is 23.6 Å². The third kappa shape index (κ3) is 2.76. The van der Waals surface area contributed by atoms with E-state index in [2.05, 4.69) is 0 Å². The number of esters is 2. The second-order valence-corrected chi connectivity index (χ2v) is 10.6. The van der Waals surface area contributed by atoms with Gasteiger partial charge < -0.3 is 14.6 Å². The van der Waals surface area contributed by atoms with Gasteiger partial charge >= 0.3 is 11.9 Å². The molecule has 0 aromatic heterocycles. The van der Waals surface area contributed by atoms with Gasteiger partial charge in [0.1, 0.15) is 5.83 Å². The highest BCUT2D eigenvalue weighted by Gasteiger charge is 2.78. The van der Waals surface area contributed by atoms with Crippen LogP contribution in [0, 0.1) is 28.6 Å². The number of allylic oxidation sites excluding steroid dienone is 4. The monoisotopic (exact) mass is 466 g/mol. The molecule has 33 heavy (non-hydrogen) atoms. The van der Waals surface area contributed by atoms with E-state index in [1.807, 2.05) is 0 Å². The van der Waals surface area contributed by atoms with Crippen LogP contribution in [0.25, 0.3) is 0 Å². The molecule has 8 atom stereocenters. The number of rotatable bonds is 3. The first-order valence-corrected chi connectivity index (χ1v) is 11.6. The zero-order valence-corrected chi connectivity index (χ0v) is 19.7. The molecular formula is C25H32F2O6. The Morgan fingerprint density at radius 2 is 1.94 bits per heavy atom. The van der Waals surface area contributed by atoms with E-state index < -0.39 is 63.7 Å². The molecule has 6 nitrogen and oxygen atoms in total. The fourth-order valence-electron chi connectivity index (χ4n) is 7.60. The molecule has 8 heteroatoms. The van der Waals surface area contributed by atoms with Crippen molar-refractivity contribution in [1.29, 1.82) is 0 Å². The standard InChI is InChI=1S/C25H32F2O6/c1-6-20(30)33-25(21(31)32-5)13(2)9-15-16-11-18(26)17-10-14(28)7-8-22(17,3)24(16,27)19(29)12-23(15,25)4/h7-8,13,15-16,19,29H,6,9-12H2,1-5H3/t13-,15?,16?,19+,22+,23+,24+,25+/m1/s1. The minimum absolute atomic E-state index is 0.0306. The Kier molecular flexibility index (Phi) is 5.43. The van der Waals surface area contributed by atoms with Crippen LogP contribution >= 0.6 is 0 Å². The summed E-state index contributed by atoms with van der Waals surface area (Å²) < 4.78 is 43.5. The predicted molar refractivity (Wildman–Crippen MR) is 114 cm³/mol. The van der Waals surface area contributed by atoms with Crippen molar-refractivity contribution in [2.75, 3.05) is 7.11 Å². The van der Waals surface area contributed by atoms with Gasteiger partial charge in [0.25, 0.3) is 0 Å². The fourth-order valence-corrected chi connectivity index (χ4v) is 7.60. The van der Waals surface area contributed by atoms with Crippen LogP contribution < -0.4 is 0 Å². The molecule has 0 amide bonds. The minimum atomic E-state index is -2.25. The third-order valence-electron chi connectivity index (χ3n) is 9.25. The molecule has 4 aliphatic rings. The SMILES string of the molecule is CCC(=O)O[C@]1(C(=O)OC)[C@H](C)CC2C3CC(F)=C4CC(=O)C=C[C@]4(C)[C@@]3(F)[C@@H](O)C[C@@]21C. The summed E-state index contributed by atoms with van der Waals surface area (Å²) in [7, 11) is 1.20. The number of methoxy groups -OCH3 is 1. The largest absolute Gasteiger partial charge is 0.466 e. The van der Waals surface area contributed by atoms with Gasteiger partial charge in [-0.05, 0) is 37.3 Å². The van der Waals surface area contributed by atoms with Gasteiger partial charge in [0.05, 0.1) is 13.2 Å². The van der Waals surface area contributed by atoms with Crippen molar-refractivity contribution >= 4 is 17.7 Å². The number of carbonyl (C=O) groups is 3. The number of halogens is 2. The normalized spacial score (nSPS) is 46.4. The summed E-state index contributed by atoms with van der Waals surface area (Å²) >= 11 is 0. The van der Waals surface area contributed by atoms with E-state index >= 15 is 8.78 Å². The number of ether oxygens (including phenoxy) is 2. The molecular weight excluding hydrogens is 434 g/mol. The van der Waals surface area contributed by atoms with E-state index in [9.17, 15) is 19.5 Å². The lowest BCUT2D eigenvalue weighted by Gasteiger charge is -2.62. The van der Waals surface area contributed by atoms with E-state index in [0.29, 0.717) is 6.42 Å². The molecule has 2 saturated carbocycles. The summed E-state index contributed by atoms with van der Waals surface area (Å²) in [6, 6.07) is 0. The maximum atomic E-state index is 17.2. The van der Waals surface area contributed by atoms with Gasteiger partial charge in [0.15, 0.2) is 11.5 Å². The van der Waals surface area contributed by atoms with Crippen LogP contribution in [-0.4, -0.2) is 47.3 Å². The molecule has 4 rings (SSSR count). The first kappa shape index (κ1) is 24.0. The van der Waals surface area contributed by atoms with Gasteiger partial charge in [0.2, 0.25) is 5.60 Å². The maximum absolute atomic E-state index is 17.2. The molecule has 182 valence electrons. The van der Waals surface area contributed by atoms with Crippen LogP contribution in [-0.2, 0) is 23.9 Å². The van der Waals surface area contributed by atoms with Crippen LogP contribution in [0.3, 0.4) is 0 Å². The topological polar surface area (TPSA) is 89.9 Å². The lowest BCUT2D eigenvalue weighted by Crippen LogP contribution is -2.70. The molecule has 0 aliphatic heterocycles. The lowest BCUT2D eigenvalue weighted by atomic mass is 9.45. The van der Waals surface area contributed by atoms with Crippen LogP contribution in [0.15, 0.2) is 23.6 Å². The van der Waals surface area contributed by atoms with Crippen LogP contribution in [0.2, 0.25) is 0 Å². The van der Waals surface area contributed by atoms with Crippen LogP contribution in [0.5, 0.6) is 0 Å². The Labute approximate surface area is 192 Å². The highest BCUT2D eigenvalue weighted by Crippen LogP contribution is 2.71. The zero-order chi connectivity index (χ0) is 24.6. The number of alkyl halides is 1. The number of aliphatic hydroxyl groups excluding tert-OH is 1. The number of ketones is 1. The minimum Gasteiger partial charge on any atom is -0.466 e. The molecule has 1 N–H and O–H groups in total. The second-order valence-electron chi connectivity index (χ2n) is 10.6. The van der Waals surface area contributed by atoms with Crippen molar-refractivity contribution in [2.45, 2.75) is 77.2 Å². The highest BCUT2D eigenvalue weighted by atomic mass is 19.1. The molecule has 0 spiro atoms. The van der Waals surface area contributed by atoms with Gasteiger partial charge in [-0.3, -0.25) is 9.59 Å². The molecule has 0 aromatic rings. The first-order chi connectivity index (χ1) is 15.3. The number of aliphatic hydroxyl groups is 1. The third-order valence-corrected chi connectivity index (χ3v) is 9.25. The molecule has 0 aromatic carbocycles. The Balaban J connectivity index is 1.89. The molecule has 2 fully saturated rings. The Hall–Kier alpha value is -2.09. The quantitative estimate of drug-likeness (QED) is 0.637. The van der Waals surface area contributed by atoms with E-state index in [-0.39, 0.29) is 37.0 Å². The summed E-state index contributed by atoms with van der Waals surface area (Å²) in [5.74, 6) is -4.28. The Morgan fingerprint density at radius 3 is 2.55 bits per heavy atom. The van der Waals surface area contributed by atoms with Gasteiger partial charge in [0, 0.05) is 41.9 Å². The van der Waals surface area contributed by atoms with Crippen molar-refractivity contribution in [2.24, 2.45) is 28.6 Å². The van der Waals surface area contributed by atoms with E-state index in [4.69, 9.17) is 9.47 Å². The summed E-state index contributed by atoms with van der Waals surface area (Å²) in [4.78, 5) is 37.6. The summed E-state index contributed by atoms with van der Waals surface area (Å²) in [6.45, 7) is 6.60. The van der Waals surface area contributed by atoms with Crippen molar-refractivity contribution < 1.29 is 37.7 Å². The molecule has 0 saturated heterocycles. The molecule has 2 unspecified atom stereocenters. The zero-order valence-electron chi connectivity index (χ0n) is 19.7. The Bertz CT molecular complexity index is 974. The van der Waals surface area contributed by atoms with E-state index in [0.717, 1.165) is 0 Å². The van der Waals surface area contributed by atoms with Crippen LogP contribution in [0.4, 0.5) is 8.78 Å². The summed E-state index contributed by atoms with van der Waals surface area (Å²) in [5.41, 5.74) is -6.55. The number of carbonyl (C=O) groups excluding carboxylic acids is 3. The average molecular weight is 467 g/mol. The summed E-state index contributed by atoms with van der Waals surface area (Å²) in [6.07, 6.45) is 0.718. The van der Waals surface area contributed by atoms with Crippen molar-refractivity contribution in [1.82, 2.24) is 0 Å². The fraction of sp³-hybridized carbons (Fsp3) is 0.720. The van der Waals surface area contributed by atoms with Gasteiger partial charge in [-0.15, -0.1) is 0 Å². The average Bonchev–Trinajstić information content (AvgIpc) is 2.98. The smallest absolute Gasteiger partial charge is 0.351 e. The molecule has 0 heterocycles. The predicted octanol–water partition coefficient (Wildman–Crippen LogP) is 3.77. The highest BCUT2D eigenvalue weighted by molar-refractivity contribution is 5.93. The van der Waals surface area contributed by atoms with Crippen molar-refractivity contribution in [3.8, 4) is 0 Å². The van der Waals surface area contributed by atoms with Gasteiger partial charge in [-0.2, -0.15) is 0 Å². The number of hydrogen-bond acceptors (Lipinski definition) is 6. The molecule has 4 aliphatic carbocycles. The van der Waals surface area contributed by atoms with Gasteiger partial charge in [-0.25, -0.2) is 13.6 Å². The second kappa shape index (κ2) is 7.45. The van der Waals surface area contributed by atoms with Crippen molar-refractivity contribution in [3.63, 3.8) is 0 Å². The molecule has 0 bridgehead atoms. The summed E-state index contributed by atoms with van der Waals surface area (Å²) in [5, 5.41) is 11.4. The van der Waals surface area contributed by atoms with E-state index in [1.165, 1.54) is 26.2 Å². The number of fused-ring (bicyclic) bond motifs is 5. The van der Waals surface area contributed by atoms with Crippen LogP contribution in [0.1, 0.15) is 59.8 Å². The maximum Gasteiger partial charge on any atom is 0.351 e. The van der Waals surface area contributed by atoms with E-state index in [1.54, 1.807) is 20.8 Å². The van der Waals surface area contributed by atoms with Gasteiger partial charge in [-0.1, -0.05) is 26.8 Å².